The SMILES string of the molecule is CCc1nn(CC)c(CCCNCCOC)c1Cl. The van der Waals surface area contributed by atoms with Gasteiger partial charge in [0.15, 0.2) is 0 Å². The summed E-state index contributed by atoms with van der Waals surface area (Å²) in [4.78, 5) is 0. The van der Waals surface area contributed by atoms with Crippen molar-refractivity contribution in [1.82, 2.24) is 15.1 Å². The Hall–Kier alpha value is -0.580. The molecule has 0 aliphatic rings. The molecule has 104 valence electrons. The largest absolute Gasteiger partial charge is 0.383 e. The Kier molecular flexibility index (Phi) is 7.32. The Labute approximate surface area is 115 Å². The van der Waals surface area contributed by atoms with Gasteiger partial charge in [-0.25, -0.2) is 0 Å². The molecule has 0 bridgehead atoms. The highest BCUT2D eigenvalue weighted by Crippen LogP contribution is 2.22. The van der Waals surface area contributed by atoms with E-state index in [1.54, 1.807) is 7.11 Å². The van der Waals surface area contributed by atoms with E-state index in [0.29, 0.717) is 0 Å². The third kappa shape index (κ3) is 4.26. The van der Waals surface area contributed by atoms with Crippen LogP contribution >= 0.6 is 11.6 Å². The van der Waals surface area contributed by atoms with Crippen molar-refractivity contribution in [2.24, 2.45) is 0 Å². The van der Waals surface area contributed by atoms with Crippen molar-refractivity contribution in [1.29, 1.82) is 0 Å². The first-order chi connectivity index (χ1) is 8.74. The molecule has 0 aliphatic heterocycles. The van der Waals surface area contributed by atoms with Gasteiger partial charge in [-0.1, -0.05) is 18.5 Å². The zero-order valence-electron chi connectivity index (χ0n) is 11.6. The molecule has 0 fully saturated rings. The van der Waals surface area contributed by atoms with Gasteiger partial charge in [-0.2, -0.15) is 5.10 Å². The summed E-state index contributed by atoms with van der Waals surface area (Å²) in [7, 11) is 1.72. The van der Waals surface area contributed by atoms with Gasteiger partial charge in [0, 0.05) is 20.2 Å². The summed E-state index contributed by atoms with van der Waals surface area (Å²) < 4.78 is 7.01. The van der Waals surface area contributed by atoms with Crippen molar-refractivity contribution in [2.45, 2.75) is 39.7 Å². The highest BCUT2D eigenvalue weighted by molar-refractivity contribution is 6.31. The lowest BCUT2D eigenvalue weighted by molar-refractivity contribution is 0.199. The second kappa shape index (κ2) is 8.51. The van der Waals surface area contributed by atoms with Crippen LogP contribution in [0.2, 0.25) is 5.02 Å². The van der Waals surface area contributed by atoms with Gasteiger partial charge in [-0.05, 0) is 32.7 Å². The van der Waals surface area contributed by atoms with E-state index in [0.717, 1.165) is 56.2 Å². The lowest BCUT2D eigenvalue weighted by atomic mass is 10.2. The van der Waals surface area contributed by atoms with Crippen LogP contribution in [0, 0.1) is 0 Å². The predicted octanol–water partition coefficient (Wildman–Crippen LogP) is 2.29. The van der Waals surface area contributed by atoms with E-state index in [1.807, 2.05) is 4.68 Å². The molecule has 18 heavy (non-hydrogen) atoms. The first kappa shape index (κ1) is 15.5. The van der Waals surface area contributed by atoms with Crippen LogP contribution in [0.4, 0.5) is 0 Å². The van der Waals surface area contributed by atoms with E-state index >= 15 is 0 Å². The molecule has 0 aromatic carbocycles. The topological polar surface area (TPSA) is 39.1 Å². The summed E-state index contributed by atoms with van der Waals surface area (Å²) in [5, 5.41) is 8.71. The molecule has 0 unspecified atom stereocenters. The van der Waals surface area contributed by atoms with E-state index in [-0.39, 0.29) is 0 Å². The number of hydrogen-bond acceptors (Lipinski definition) is 3. The summed E-state index contributed by atoms with van der Waals surface area (Å²) in [6.45, 7) is 7.71. The molecule has 0 amide bonds. The van der Waals surface area contributed by atoms with Crippen molar-refractivity contribution in [3.05, 3.63) is 16.4 Å². The average molecular weight is 274 g/mol. The molecule has 5 heteroatoms. The quantitative estimate of drug-likeness (QED) is 0.702. The van der Waals surface area contributed by atoms with Crippen LogP contribution in [0.1, 0.15) is 31.7 Å². The molecular formula is C13H24ClN3O. The van der Waals surface area contributed by atoms with E-state index in [1.165, 1.54) is 5.69 Å². The van der Waals surface area contributed by atoms with Crippen LogP contribution in [0.25, 0.3) is 0 Å². The van der Waals surface area contributed by atoms with Gasteiger partial charge in [0.2, 0.25) is 0 Å². The van der Waals surface area contributed by atoms with Crippen LogP contribution in [-0.4, -0.2) is 36.6 Å². The monoisotopic (exact) mass is 273 g/mol. The third-order valence-electron chi connectivity index (χ3n) is 2.94. The van der Waals surface area contributed by atoms with Crippen LogP contribution in [-0.2, 0) is 24.1 Å². The van der Waals surface area contributed by atoms with Crippen molar-refractivity contribution in [2.75, 3.05) is 26.8 Å². The highest BCUT2D eigenvalue weighted by atomic mass is 35.5. The molecule has 0 saturated heterocycles. The molecule has 1 aromatic heterocycles. The van der Waals surface area contributed by atoms with Crippen LogP contribution < -0.4 is 5.32 Å². The number of hydrogen-bond donors (Lipinski definition) is 1. The second-order valence-corrected chi connectivity index (χ2v) is 4.60. The molecule has 4 nitrogen and oxygen atoms in total. The molecule has 1 N–H and O–H groups in total. The standard InChI is InChI=1S/C13H24ClN3O/c1-4-11-13(14)12(17(5-2)16-11)7-6-8-15-9-10-18-3/h15H,4-10H2,1-3H3. The smallest absolute Gasteiger partial charge is 0.0849 e. The highest BCUT2D eigenvalue weighted by Gasteiger charge is 2.13. The van der Waals surface area contributed by atoms with Crippen LogP contribution in [0.5, 0.6) is 0 Å². The van der Waals surface area contributed by atoms with Crippen LogP contribution in [0.15, 0.2) is 0 Å². The predicted molar refractivity (Wildman–Crippen MR) is 75.4 cm³/mol. The lowest BCUT2D eigenvalue weighted by Crippen LogP contribution is -2.21. The lowest BCUT2D eigenvalue weighted by Gasteiger charge is -2.06. The molecule has 0 saturated carbocycles. The minimum absolute atomic E-state index is 0.758. The number of methoxy groups -OCH3 is 1. The first-order valence-electron chi connectivity index (χ1n) is 6.68. The van der Waals surface area contributed by atoms with E-state index in [9.17, 15) is 0 Å². The van der Waals surface area contributed by atoms with Gasteiger partial charge >= 0.3 is 0 Å². The zero-order valence-corrected chi connectivity index (χ0v) is 12.4. The van der Waals surface area contributed by atoms with E-state index in [2.05, 4.69) is 24.3 Å². The van der Waals surface area contributed by atoms with Crippen molar-refractivity contribution in [3.63, 3.8) is 0 Å². The van der Waals surface area contributed by atoms with E-state index < -0.39 is 0 Å². The van der Waals surface area contributed by atoms with Gasteiger partial charge in [0.25, 0.3) is 0 Å². The van der Waals surface area contributed by atoms with Crippen LogP contribution in [0.3, 0.4) is 0 Å². The number of aromatic nitrogens is 2. The van der Waals surface area contributed by atoms with Gasteiger partial charge in [0.1, 0.15) is 0 Å². The molecule has 0 spiro atoms. The van der Waals surface area contributed by atoms with E-state index in [4.69, 9.17) is 16.3 Å². The number of ether oxygens (including phenoxy) is 1. The Morgan fingerprint density at radius 3 is 2.72 bits per heavy atom. The first-order valence-corrected chi connectivity index (χ1v) is 7.06. The maximum Gasteiger partial charge on any atom is 0.0849 e. The molecule has 1 rings (SSSR count). The molecule has 1 aromatic rings. The number of aryl methyl sites for hydroxylation is 2. The van der Waals surface area contributed by atoms with Crippen molar-refractivity contribution >= 4 is 11.6 Å². The zero-order chi connectivity index (χ0) is 13.4. The summed E-state index contributed by atoms with van der Waals surface area (Å²) in [5.41, 5.74) is 2.19. The fourth-order valence-corrected chi connectivity index (χ4v) is 2.30. The normalized spacial score (nSPS) is 11.1. The Morgan fingerprint density at radius 2 is 2.11 bits per heavy atom. The fraction of sp³-hybridized carbons (Fsp3) is 0.769. The van der Waals surface area contributed by atoms with Gasteiger partial charge in [0.05, 0.1) is 23.0 Å². The minimum Gasteiger partial charge on any atom is -0.383 e. The minimum atomic E-state index is 0.758. The van der Waals surface area contributed by atoms with Gasteiger partial charge in [-0.3, -0.25) is 4.68 Å². The molecule has 0 radical (unpaired) electrons. The average Bonchev–Trinajstić information content (AvgIpc) is 2.70. The summed E-state index contributed by atoms with van der Waals surface area (Å²) >= 11 is 6.35. The van der Waals surface area contributed by atoms with Crippen molar-refractivity contribution in [3.8, 4) is 0 Å². The Morgan fingerprint density at radius 1 is 1.33 bits per heavy atom. The Balaban J connectivity index is 2.43. The molecule has 1 heterocycles. The summed E-state index contributed by atoms with van der Waals surface area (Å²) in [6, 6.07) is 0. The second-order valence-electron chi connectivity index (χ2n) is 4.22. The third-order valence-corrected chi connectivity index (χ3v) is 3.38. The Bertz CT molecular complexity index is 352. The summed E-state index contributed by atoms with van der Waals surface area (Å²) in [6.07, 6.45) is 2.93. The molecule has 0 aliphatic carbocycles. The number of nitrogens with zero attached hydrogens (tertiary/aromatic N) is 2. The maximum absolute atomic E-state index is 6.35. The number of rotatable bonds is 9. The fourth-order valence-electron chi connectivity index (χ4n) is 1.94. The van der Waals surface area contributed by atoms with Crippen molar-refractivity contribution < 1.29 is 4.74 Å². The van der Waals surface area contributed by atoms with Gasteiger partial charge in [-0.15, -0.1) is 0 Å². The summed E-state index contributed by atoms with van der Waals surface area (Å²) in [5.74, 6) is 0. The molecule has 0 atom stereocenters. The number of halogens is 1. The molecular weight excluding hydrogens is 250 g/mol. The number of nitrogens with one attached hydrogen (secondary N) is 1. The maximum atomic E-state index is 6.35. The van der Waals surface area contributed by atoms with Gasteiger partial charge < -0.3 is 10.1 Å².